The molecule has 1 aromatic rings. The maximum atomic E-state index is 10.9. The van der Waals surface area contributed by atoms with Gasteiger partial charge in [0.2, 0.25) is 0 Å². The highest BCUT2D eigenvalue weighted by atomic mass is 79.9. The van der Waals surface area contributed by atoms with Gasteiger partial charge >= 0.3 is 0 Å². The van der Waals surface area contributed by atoms with Gasteiger partial charge in [0.25, 0.3) is 5.69 Å². The Hall–Kier alpha value is -1.43. The predicted octanol–water partition coefficient (Wildman–Crippen LogP) is 3.38. The van der Waals surface area contributed by atoms with Gasteiger partial charge in [-0.2, -0.15) is 0 Å². The maximum Gasteiger partial charge on any atom is 0.292 e. The third-order valence-corrected chi connectivity index (χ3v) is 3.07. The van der Waals surface area contributed by atoms with Crippen LogP contribution in [-0.4, -0.2) is 17.8 Å². The number of nitro benzene ring substituents is 1. The molecule has 0 unspecified atom stereocenters. The Labute approximate surface area is 114 Å². The Morgan fingerprint density at radius 2 is 2.28 bits per heavy atom. The first-order valence-electron chi connectivity index (χ1n) is 5.66. The molecule has 0 fully saturated rings. The second-order valence-corrected chi connectivity index (χ2v) is 5.06. The summed E-state index contributed by atoms with van der Waals surface area (Å²) >= 11 is 3.29. The van der Waals surface area contributed by atoms with Crippen LogP contribution in [0.15, 0.2) is 22.7 Å². The lowest BCUT2D eigenvalue weighted by Crippen LogP contribution is -2.12. The van der Waals surface area contributed by atoms with Gasteiger partial charge in [0.05, 0.1) is 4.92 Å². The van der Waals surface area contributed by atoms with E-state index in [4.69, 9.17) is 0 Å². The van der Waals surface area contributed by atoms with Gasteiger partial charge in [0, 0.05) is 23.5 Å². The van der Waals surface area contributed by atoms with Crippen LogP contribution in [0.1, 0.15) is 19.8 Å². The van der Waals surface area contributed by atoms with Crippen molar-refractivity contribution in [2.24, 2.45) is 5.92 Å². The number of carbonyl (C=O) groups is 1. The summed E-state index contributed by atoms with van der Waals surface area (Å²) < 4.78 is 0.788. The SMILES string of the molecule is C[C@H](CCC=O)CNc1cc(Br)ccc1[N+](=O)[O-]. The fraction of sp³-hybridized carbons (Fsp3) is 0.417. The molecule has 0 spiro atoms. The van der Waals surface area contributed by atoms with Crippen LogP contribution in [0.3, 0.4) is 0 Å². The number of hydrogen-bond acceptors (Lipinski definition) is 4. The zero-order chi connectivity index (χ0) is 13.5. The van der Waals surface area contributed by atoms with E-state index < -0.39 is 4.92 Å². The van der Waals surface area contributed by atoms with E-state index in [1.165, 1.54) is 6.07 Å². The van der Waals surface area contributed by atoms with Crippen molar-refractivity contribution in [2.75, 3.05) is 11.9 Å². The van der Waals surface area contributed by atoms with Crippen molar-refractivity contribution in [3.63, 3.8) is 0 Å². The molecule has 98 valence electrons. The number of benzene rings is 1. The van der Waals surface area contributed by atoms with E-state index >= 15 is 0 Å². The number of nitrogens with zero attached hydrogens (tertiary/aromatic N) is 1. The van der Waals surface area contributed by atoms with Gasteiger partial charge < -0.3 is 10.1 Å². The molecule has 18 heavy (non-hydrogen) atoms. The minimum atomic E-state index is -0.412. The molecule has 6 heteroatoms. The first-order valence-corrected chi connectivity index (χ1v) is 6.45. The summed E-state index contributed by atoms with van der Waals surface area (Å²) in [6, 6.07) is 4.78. The molecule has 0 bridgehead atoms. The zero-order valence-electron chi connectivity index (χ0n) is 10.1. The van der Waals surface area contributed by atoms with Crippen LogP contribution >= 0.6 is 15.9 Å². The average Bonchev–Trinajstić information content (AvgIpc) is 2.33. The lowest BCUT2D eigenvalue weighted by Gasteiger charge is -2.12. The summed E-state index contributed by atoms with van der Waals surface area (Å²) in [7, 11) is 0. The number of hydrogen-bond donors (Lipinski definition) is 1. The van der Waals surface area contributed by atoms with Crippen LogP contribution in [0.5, 0.6) is 0 Å². The van der Waals surface area contributed by atoms with Crippen LogP contribution in [-0.2, 0) is 4.79 Å². The summed E-state index contributed by atoms with van der Waals surface area (Å²) in [6.45, 7) is 2.60. The molecule has 0 aliphatic heterocycles. The lowest BCUT2D eigenvalue weighted by atomic mass is 10.1. The van der Waals surface area contributed by atoms with Crippen molar-refractivity contribution < 1.29 is 9.72 Å². The summed E-state index contributed by atoms with van der Waals surface area (Å²) in [5, 5.41) is 13.9. The van der Waals surface area contributed by atoms with Crippen LogP contribution < -0.4 is 5.32 Å². The average molecular weight is 315 g/mol. The van der Waals surface area contributed by atoms with Gasteiger partial charge in [0.1, 0.15) is 12.0 Å². The molecular weight excluding hydrogens is 300 g/mol. The highest BCUT2D eigenvalue weighted by molar-refractivity contribution is 9.10. The number of anilines is 1. The second kappa shape index (κ2) is 7.10. The topological polar surface area (TPSA) is 72.2 Å². The van der Waals surface area contributed by atoms with Gasteiger partial charge in [-0.3, -0.25) is 10.1 Å². The van der Waals surface area contributed by atoms with Gasteiger partial charge in [-0.15, -0.1) is 0 Å². The molecule has 0 amide bonds. The molecule has 0 saturated carbocycles. The summed E-state index contributed by atoms with van der Waals surface area (Å²) in [5.41, 5.74) is 0.549. The van der Waals surface area contributed by atoms with Crippen LogP contribution in [0.25, 0.3) is 0 Å². The third kappa shape index (κ3) is 4.44. The summed E-state index contributed by atoms with van der Waals surface area (Å²) in [6.07, 6.45) is 2.18. The van der Waals surface area contributed by atoms with E-state index in [0.717, 1.165) is 17.2 Å². The molecule has 0 saturated heterocycles. The van der Waals surface area contributed by atoms with Crippen molar-refractivity contribution in [3.05, 3.63) is 32.8 Å². The van der Waals surface area contributed by atoms with Crippen molar-refractivity contribution in [1.29, 1.82) is 0 Å². The van der Waals surface area contributed by atoms with Crippen molar-refractivity contribution >= 4 is 33.6 Å². The van der Waals surface area contributed by atoms with E-state index in [1.54, 1.807) is 12.1 Å². The smallest absolute Gasteiger partial charge is 0.292 e. The monoisotopic (exact) mass is 314 g/mol. The zero-order valence-corrected chi connectivity index (χ0v) is 11.6. The number of halogens is 1. The van der Waals surface area contributed by atoms with E-state index in [0.29, 0.717) is 18.7 Å². The van der Waals surface area contributed by atoms with Gasteiger partial charge in [-0.25, -0.2) is 0 Å². The number of nitro groups is 1. The molecule has 0 aliphatic carbocycles. The summed E-state index contributed by atoms with van der Waals surface area (Å²) in [5.74, 6) is 0.286. The third-order valence-electron chi connectivity index (χ3n) is 2.57. The highest BCUT2D eigenvalue weighted by Crippen LogP contribution is 2.28. The molecule has 0 heterocycles. The summed E-state index contributed by atoms with van der Waals surface area (Å²) in [4.78, 5) is 20.7. The normalized spacial score (nSPS) is 11.9. The van der Waals surface area contributed by atoms with Crippen LogP contribution in [0, 0.1) is 16.0 Å². The molecule has 0 aromatic heterocycles. The largest absolute Gasteiger partial charge is 0.379 e. The Kier molecular flexibility index (Phi) is 5.77. The van der Waals surface area contributed by atoms with E-state index in [1.807, 2.05) is 6.92 Å². The Morgan fingerprint density at radius 1 is 1.56 bits per heavy atom. The molecule has 1 aromatic carbocycles. The van der Waals surface area contributed by atoms with Crippen LogP contribution in [0.2, 0.25) is 0 Å². The number of carbonyl (C=O) groups excluding carboxylic acids is 1. The molecule has 0 radical (unpaired) electrons. The molecule has 1 rings (SSSR count). The maximum absolute atomic E-state index is 10.9. The van der Waals surface area contributed by atoms with Crippen LogP contribution in [0.4, 0.5) is 11.4 Å². The first kappa shape index (κ1) is 14.6. The Morgan fingerprint density at radius 3 is 2.89 bits per heavy atom. The van der Waals surface area contributed by atoms with E-state index in [-0.39, 0.29) is 11.6 Å². The minimum absolute atomic E-state index is 0.0563. The highest BCUT2D eigenvalue weighted by Gasteiger charge is 2.14. The predicted molar refractivity (Wildman–Crippen MR) is 73.7 cm³/mol. The van der Waals surface area contributed by atoms with Crippen molar-refractivity contribution in [2.45, 2.75) is 19.8 Å². The van der Waals surface area contributed by atoms with Gasteiger partial charge in [0.15, 0.2) is 0 Å². The number of aldehydes is 1. The van der Waals surface area contributed by atoms with Gasteiger partial charge in [-0.05, 0) is 24.5 Å². The fourth-order valence-corrected chi connectivity index (χ4v) is 1.91. The standard InChI is InChI=1S/C12H15BrN2O3/c1-9(3-2-6-16)8-14-11-7-10(13)4-5-12(11)15(17)18/h4-7,9,14H,2-3,8H2,1H3/t9-/m1/s1. The van der Waals surface area contributed by atoms with Crippen molar-refractivity contribution in [1.82, 2.24) is 0 Å². The molecule has 1 N–H and O–H groups in total. The Bertz CT molecular complexity index is 437. The quantitative estimate of drug-likeness (QED) is 0.475. The van der Waals surface area contributed by atoms with Gasteiger partial charge in [-0.1, -0.05) is 22.9 Å². The lowest BCUT2D eigenvalue weighted by molar-refractivity contribution is -0.384. The first-order chi connectivity index (χ1) is 8.54. The number of rotatable bonds is 7. The van der Waals surface area contributed by atoms with Crippen molar-refractivity contribution in [3.8, 4) is 0 Å². The fourth-order valence-electron chi connectivity index (χ4n) is 1.55. The molecule has 5 nitrogen and oxygen atoms in total. The van der Waals surface area contributed by atoms with E-state index in [9.17, 15) is 14.9 Å². The molecule has 1 atom stereocenters. The number of nitrogens with one attached hydrogen (secondary N) is 1. The Balaban J connectivity index is 2.68. The second-order valence-electron chi connectivity index (χ2n) is 4.15. The minimum Gasteiger partial charge on any atom is -0.379 e. The molecular formula is C12H15BrN2O3. The van der Waals surface area contributed by atoms with E-state index in [2.05, 4.69) is 21.2 Å². The molecule has 0 aliphatic rings.